The summed E-state index contributed by atoms with van der Waals surface area (Å²) >= 11 is 1.36. The van der Waals surface area contributed by atoms with Gasteiger partial charge in [-0.15, -0.1) is 11.3 Å². The first-order valence-electron chi connectivity index (χ1n) is 7.84. The maximum absolute atomic E-state index is 13.6. The summed E-state index contributed by atoms with van der Waals surface area (Å²) < 4.78 is 13.6. The normalized spacial score (nSPS) is 12.6. The van der Waals surface area contributed by atoms with Crippen LogP contribution < -0.4 is 0 Å². The molecule has 4 nitrogen and oxygen atoms in total. The molecule has 132 valence electrons. The molecule has 0 aromatic carbocycles. The Kier molecular flexibility index (Phi) is 5.52. The van der Waals surface area contributed by atoms with Gasteiger partial charge in [0, 0.05) is 24.2 Å². The summed E-state index contributed by atoms with van der Waals surface area (Å²) in [6.45, 7) is 11.0. The first-order valence-corrected chi connectivity index (χ1v) is 8.72. The lowest BCUT2D eigenvalue weighted by Crippen LogP contribution is -2.42. The van der Waals surface area contributed by atoms with Crippen LogP contribution in [0.15, 0.2) is 42.2 Å². The predicted octanol–water partition coefficient (Wildman–Crippen LogP) is 4.96. The van der Waals surface area contributed by atoms with E-state index in [0.29, 0.717) is 27.5 Å². The average molecular weight is 359 g/mol. The molecule has 1 amide bonds. The number of pyridine rings is 1. The minimum absolute atomic E-state index is 0.126. The lowest BCUT2D eigenvalue weighted by atomic mass is 10.1. The third-order valence-corrected chi connectivity index (χ3v) is 4.85. The smallest absolute Gasteiger partial charge is 0.273 e. The highest BCUT2D eigenvalue weighted by Gasteiger charge is 2.25. The van der Waals surface area contributed by atoms with E-state index < -0.39 is 0 Å². The van der Waals surface area contributed by atoms with Crippen molar-refractivity contribution in [1.29, 1.82) is 0 Å². The Morgan fingerprint density at radius 2 is 2.04 bits per heavy atom. The fourth-order valence-electron chi connectivity index (χ4n) is 2.00. The fourth-order valence-corrected chi connectivity index (χ4v) is 2.77. The van der Waals surface area contributed by atoms with Crippen LogP contribution in [0.25, 0.3) is 16.3 Å². The molecule has 25 heavy (non-hydrogen) atoms. The Morgan fingerprint density at radius 3 is 2.56 bits per heavy atom. The molecule has 2 rings (SSSR count). The molecule has 2 aromatic heterocycles. The van der Waals surface area contributed by atoms with E-state index in [0.717, 1.165) is 0 Å². The highest BCUT2D eigenvalue weighted by molar-refractivity contribution is 7.13. The average Bonchev–Trinajstić information content (AvgIpc) is 3.08. The Hall–Kier alpha value is -2.34. The van der Waals surface area contributed by atoms with E-state index in [-0.39, 0.29) is 17.3 Å². The number of aromatic nitrogens is 2. The first-order chi connectivity index (χ1) is 11.6. The van der Waals surface area contributed by atoms with Gasteiger partial charge in [-0.1, -0.05) is 12.6 Å². The summed E-state index contributed by atoms with van der Waals surface area (Å²) in [5.74, 6) is -0.500. The number of rotatable bonds is 4. The van der Waals surface area contributed by atoms with Crippen LogP contribution in [0.3, 0.4) is 0 Å². The molecule has 0 fully saturated rings. The van der Waals surface area contributed by atoms with Crippen LogP contribution in [0.4, 0.5) is 4.39 Å². The number of thiazole rings is 1. The summed E-state index contributed by atoms with van der Waals surface area (Å²) in [5, 5.41) is 2.39. The molecule has 0 aliphatic rings. The van der Waals surface area contributed by atoms with Crippen LogP contribution in [-0.2, 0) is 0 Å². The summed E-state index contributed by atoms with van der Waals surface area (Å²) in [6, 6.07) is 3.56. The number of hydrogen-bond donors (Lipinski definition) is 0. The van der Waals surface area contributed by atoms with Crippen LogP contribution in [0.2, 0.25) is 0 Å². The van der Waals surface area contributed by atoms with Crippen molar-refractivity contribution >= 4 is 22.8 Å². The van der Waals surface area contributed by atoms with Gasteiger partial charge in [0.25, 0.3) is 5.91 Å². The molecule has 2 aromatic rings. The summed E-state index contributed by atoms with van der Waals surface area (Å²) in [5.41, 5.74) is 1.94. The van der Waals surface area contributed by atoms with Gasteiger partial charge in [-0.2, -0.15) is 0 Å². The summed E-state index contributed by atoms with van der Waals surface area (Å²) in [4.78, 5) is 22.9. The number of nitrogens with zero attached hydrogens (tertiary/aromatic N) is 3. The third kappa shape index (κ3) is 4.20. The Labute approximate surface area is 151 Å². The second kappa shape index (κ2) is 7.27. The number of halogens is 1. The number of allylic oxidation sites excluding steroid dienone is 3. The second-order valence-electron chi connectivity index (χ2n) is 6.68. The van der Waals surface area contributed by atoms with E-state index in [2.05, 4.69) is 16.5 Å². The van der Waals surface area contributed by atoms with Crippen molar-refractivity contribution in [3.63, 3.8) is 0 Å². The van der Waals surface area contributed by atoms with E-state index in [1.165, 1.54) is 17.4 Å². The lowest BCUT2D eigenvalue weighted by molar-refractivity contribution is 0.0650. The van der Waals surface area contributed by atoms with Crippen molar-refractivity contribution in [2.75, 3.05) is 7.05 Å². The van der Waals surface area contributed by atoms with Crippen molar-refractivity contribution in [3.05, 3.63) is 53.4 Å². The largest absolute Gasteiger partial charge is 0.336 e. The molecule has 0 unspecified atom stereocenters. The molecule has 0 bridgehead atoms. The van der Waals surface area contributed by atoms with E-state index in [1.54, 1.807) is 42.6 Å². The van der Waals surface area contributed by atoms with E-state index >= 15 is 0 Å². The minimum atomic E-state index is -0.373. The fraction of sp³-hybridized carbons (Fsp3) is 0.316. The van der Waals surface area contributed by atoms with Gasteiger partial charge in [-0.05, 0) is 51.0 Å². The molecular formula is C19H22FN3OS. The first kappa shape index (κ1) is 19.0. The standard InChI is InChI=1S/C19H22FN3OS/c1-7-14(20)12(2)13-8-9-15(21-10-13)17-22-16(11-25-17)18(24)23(6)19(3,4)5/h7-11H,1H2,2-6H3/b14-12-. The van der Waals surface area contributed by atoms with Gasteiger partial charge in [0.15, 0.2) is 0 Å². The Bertz CT molecular complexity index is 816. The third-order valence-electron chi connectivity index (χ3n) is 3.99. The van der Waals surface area contributed by atoms with Gasteiger partial charge >= 0.3 is 0 Å². The van der Waals surface area contributed by atoms with Crippen molar-refractivity contribution in [1.82, 2.24) is 14.9 Å². The number of carbonyl (C=O) groups excluding carboxylic acids is 1. The molecule has 0 aliphatic heterocycles. The molecule has 0 N–H and O–H groups in total. The molecule has 2 heterocycles. The van der Waals surface area contributed by atoms with E-state index in [9.17, 15) is 9.18 Å². The van der Waals surface area contributed by atoms with Gasteiger partial charge < -0.3 is 4.90 Å². The van der Waals surface area contributed by atoms with Crippen LogP contribution in [0.1, 0.15) is 43.7 Å². The van der Waals surface area contributed by atoms with Gasteiger partial charge in [0.1, 0.15) is 16.5 Å². The zero-order valence-electron chi connectivity index (χ0n) is 15.1. The number of carbonyl (C=O) groups is 1. The van der Waals surface area contributed by atoms with Crippen LogP contribution >= 0.6 is 11.3 Å². The lowest BCUT2D eigenvalue weighted by Gasteiger charge is -2.31. The minimum Gasteiger partial charge on any atom is -0.336 e. The van der Waals surface area contributed by atoms with E-state index in [4.69, 9.17) is 0 Å². The van der Waals surface area contributed by atoms with Gasteiger partial charge in [-0.3, -0.25) is 9.78 Å². The predicted molar refractivity (Wildman–Crippen MR) is 101 cm³/mol. The molecule has 0 spiro atoms. The Morgan fingerprint density at radius 1 is 1.36 bits per heavy atom. The van der Waals surface area contributed by atoms with Crippen molar-refractivity contribution in [2.45, 2.75) is 33.2 Å². The molecule has 0 radical (unpaired) electrons. The highest BCUT2D eigenvalue weighted by atomic mass is 32.1. The molecule has 0 saturated carbocycles. The molecule has 0 aliphatic carbocycles. The molecule has 0 atom stereocenters. The molecular weight excluding hydrogens is 337 g/mol. The number of hydrogen-bond acceptors (Lipinski definition) is 4. The van der Waals surface area contributed by atoms with Crippen LogP contribution in [0, 0.1) is 0 Å². The van der Waals surface area contributed by atoms with Crippen molar-refractivity contribution in [3.8, 4) is 10.7 Å². The second-order valence-corrected chi connectivity index (χ2v) is 7.54. The maximum atomic E-state index is 13.6. The van der Waals surface area contributed by atoms with Crippen molar-refractivity contribution in [2.24, 2.45) is 0 Å². The monoisotopic (exact) mass is 359 g/mol. The molecule has 6 heteroatoms. The van der Waals surface area contributed by atoms with Crippen molar-refractivity contribution < 1.29 is 9.18 Å². The number of amides is 1. The van der Waals surface area contributed by atoms with Gasteiger partial charge in [0.2, 0.25) is 0 Å². The summed E-state index contributed by atoms with van der Waals surface area (Å²) in [6.07, 6.45) is 2.77. The van der Waals surface area contributed by atoms with Gasteiger partial charge in [-0.25, -0.2) is 9.37 Å². The van der Waals surface area contributed by atoms with Gasteiger partial charge in [0.05, 0.1) is 5.69 Å². The van der Waals surface area contributed by atoms with E-state index in [1.807, 2.05) is 20.8 Å². The maximum Gasteiger partial charge on any atom is 0.273 e. The highest BCUT2D eigenvalue weighted by Crippen LogP contribution is 2.26. The van der Waals surface area contributed by atoms with Crippen LogP contribution in [-0.4, -0.2) is 33.4 Å². The Balaban J connectivity index is 2.26. The SMILES string of the molecule is C=C/C(F)=C(\C)c1ccc(-c2nc(C(=O)N(C)C(C)(C)C)cs2)nc1. The zero-order valence-corrected chi connectivity index (χ0v) is 15.9. The zero-order chi connectivity index (χ0) is 18.8. The molecule has 0 saturated heterocycles. The van der Waals surface area contributed by atoms with Crippen LogP contribution in [0.5, 0.6) is 0 Å². The quantitative estimate of drug-likeness (QED) is 0.725. The topological polar surface area (TPSA) is 46.1 Å². The summed E-state index contributed by atoms with van der Waals surface area (Å²) in [7, 11) is 1.76.